The third kappa shape index (κ3) is 1.19. The number of aromatic nitrogens is 1. The lowest BCUT2D eigenvalue weighted by Crippen LogP contribution is -2.40. The molecule has 0 aliphatic carbocycles. The molecule has 0 radical (unpaired) electrons. The lowest BCUT2D eigenvalue weighted by molar-refractivity contribution is -0.673. The highest BCUT2D eigenvalue weighted by Gasteiger charge is 2.19. The number of hydrogen-bond donors (Lipinski definition) is 0. The molecule has 17 heavy (non-hydrogen) atoms. The van der Waals surface area contributed by atoms with Crippen molar-refractivity contribution in [2.75, 3.05) is 0 Å². The second-order valence-corrected chi connectivity index (χ2v) is 4.22. The van der Waals surface area contributed by atoms with E-state index in [1.54, 1.807) is 6.26 Å². The first-order chi connectivity index (χ1) is 8.42. The summed E-state index contributed by atoms with van der Waals surface area (Å²) in [6.07, 6.45) is 5.93. The van der Waals surface area contributed by atoms with Crippen LogP contribution in [0.1, 0.15) is 0 Å². The van der Waals surface area contributed by atoms with Gasteiger partial charge in [-0.25, -0.2) is 0 Å². The first kappa shape index (κ1) is 8.82. The van der Waals surface area contributed by atoms with E-state index in [-0.39, 0.29) is 0 Å². The van der Waals surface area contributed by atoms with Gasteiger partial charge in [-0.2, -0.15) is 4.57 Å². The smallest absolute Gasteiger partial charge is 0.213 e. The molecule has 0 unspecified atom stereocenters. The fourth-order valence-electron chi connectivity index (χ4n) is 2.37. The minimum atomic E-state index is 0.796. The molecule has 0 bridgehead atoms. The fraction of sp³-hybridized carbons (Fsp3) is 0.0714. The van der Waals surface area contributed by atoms with Crippen LogP contribution in [0.3, 0.4) is 0 Å². The summed E-state index contributed by atoms with van der Waals surface area (Å²) in [7, 11) is 0. The summed E-state index contributed by atoms with van der Waals surface area (Å²) < 4.78 is 2.23. The quantitative estimate of drug-likeness (QED) is 0.480. The van der Waals surface area contributed by atoms with E-state index in [1.807, 2.05) is 12.1 Å². The van der Waals surface area contributed by atoms with Gasteiger partial charge in [-0.1, -0.05) is 0 Å². The summed E-state index contributed by atoms with van der Waals surface area (Å²) in [6, 6.07) is 10.4. The first-order valence-electron chi connectivity index (χ1n) is 5.58. The molecule has 0 fully saturated rings. The molecule has 3 nitrogen and oxygen atoms in total. The van der Waals surface area contributed by atoms with E-state index in [1.165, 1.54) is 16.5 Å². The summed E-state index contributed by atoms with van der Waals surface area (Å²) in [5, 5.41) is 2.20. The molecule has 0 N–H and O–H groups in total. The summed E-state index contributed by atoms with van der Waals surface area (Å²) in [5.41, 5.74) is 2.45. The average molecular weight is 224 g/mol. The van der Waals surface area contributed by atoms with Crippen LogP contribution < -0.4 is 19.9 Å². The van der Waals surface area contributed by atoms with Crippen LogP contribution in [0.5, 0.6) is 5.75 Å². The molecular formula is C14H10NO2+. The van der Waals surface area contributed by atoms with Gasteiger partial charge in [-0.05, 0) is 29.5 Å². The van der Waals surface area contributed by atoms with Crippen molar-refractivity contribution in [3.63, 3.8) is 0 Å². The molecule has 0 atom stereocenters. The van der Waals surface area contributed by atoms with Crippen LogP contribution in [-0.4, -0.2) is 0 Å². The van der Waals surface area contributed by atoms with Crippen LogP contribution in [0.15, 0.2) is 36.5 Å². The molecule has 0 spiro atoms. The number of benzene rings is 1. The van der Waals surface area contributed by atoms with E-state index < -0.39 is 0 Å². The van der Waals surface area contributed by atoms with Gasteiger partial charge in [0, 0.05) is 12.1 Å². The number of hydrogen-bond acceptors (Lipinski definition) is 2. The minimum absolute atomic E-state index is 0.796. The van der Waals surface area contributed by atoms with Gasteiger partial charge in [0.05, 0.1) is 10.8 Å². The SMILES string of the molecule is C1=c2cc3c(cc2OO1)=CC[n+]1ccccc1-3. The van der Waals surface area contributed by atoms with Crippen molar-refractivity contribution < 1.29 is 14.3 Å². The molecule has 1 aromatic heterocycles. The Morgan fingerprint density at radius 1 is 1.12 bits per heavy atom. The van der Waals surface area contributed by atoms with E-state index >= 15 is 0 Å². The summed E-state index contributed by atoms with van der Waals surface area (Å²) in [6.45, 7) is 0.895. The molecule has 2 aromatic rings. The predicted octanol–water partition coefficient (Wildman–Crippen LogP) is 0.497. The van der Waals surface area contributed by atoms with Crippen LogP contribution in [0.4, 0.5) is 0 Å². The molecule has 1 aromatic carbocycles. The van der Waals surface area contributed by atoms with Gasteiger partial charge < -0.3 is 0 Å². The van der Waals surface area contributed by atoms with Crippen molar-refractivity contribution in [1.29, 1.82) is 0 Å². The fourth-order valence-corrected chi connectivity index (χ4v) is 2.37. The molecule has 0 saturated heterocycles. The van der Waals surface area contributed by atoms with E-state index in [2.05, 4.69) is 35.0 Å². The molecule has 0 saturated carbocycles. The Bertz CT molecular complexity index is 734. The van der Waals surface area contributed by atoms with E-state index in [0.717, 1.165) is 17.5 Å². The zero-order valence-electron chi connectivity index (χ0n) is 9.09. The highest BCUT2D eigenvalue weighted by Crippen LogP contribution is 2.15. The molecule has 0 amide bonds. The van der Waals surface area contributed by atoms with Gasteiger partial charge in [-0.15, -0.1) is 0 Å². The van der Waals surface area contributed by atoms with Crippen molar-refractivity contribution in [2.45, 2.75) is 6.54 Å². The normalized spacial score (nSPS) is 14.4. The first-order valence-corrected chi connectivity index (χ1v) is 5.58. The Kier molecular flexibility index (Phi) is 1.61. The molecular weight excluding hydrogens is 214 g/mol. The second-order valence-electron chi connectivity index (χ2n) is 4.22. The average Bonchev–Trinajstić information content (AvgIpc) is 2.83. The van der Waals surface area contributed by atoms with Crippen LogP contribution in [0, 0.1) is 0 Å². The van der Waals surface area contributed by atoms with E-state index in [4.69, 9.17) is 9.78 Å². The van der Waals surface area contributed by atoms with Crippen LogP contribution in [-0.2, 0) is 11.4 Å². The number of pyridine rings is 1. The molecule has 2 aliphatic rings. The molecule has 4 rings (SSSR count). The summed E-state index contributed by atoms with van der Waals surface area (Å²) in [5.74, 6) is 0.796. The Morgan fingerprint density at radius 2 is 2.12 bits per heavy atom. The minimum Gasteiger partial charge on any atom is -0.297 e. The third-order valence-corrected chi connectivity index (χ3v) is 3.22. The molecule has 2 aliphatic heterocycles. The van der Waals surface area contributed by atoms with Gasteiger partial charge in [0.15, 0.2) is 24.8 Å². The Labute approximate surface area is 97.8 Å². The number of fused-ring (bicyclic) bond motifs is 4. The third-order valence-electron chi connectivity index (χ3n) is 3.22. The predicted molar refractivity (Wildman–Crippen MR) is 62.0 cm³/mol. The zero-order chi connectivity index (χ0) is 11.2. The lowest BCUT2D eigenvalue weighted by atomic mass is 10.0. The molecule has 3 heterocycles. The standard InChI is InChI=1S/C14H10NO2/c1-2-5-15-6-4-10-8-14-11(9-16-17-14)7-12(10)13(15)3-1/h1-5,7-9H,6H2/q+1. The zero-order valence-corrected chi connectivity index (χ0v) is 9.09. The molecule has 82 valence electrons. The van der Waals surface area contributed by atoms with Crippen LogP contribution >= 0.6 is 0 Å². The Morgan fingerprint density at radius 3 is 3.12 bits per heavy atom. The number of nitrogens with zero attached hydrogens (tertiary/aromatic N) is 1. The van der Waals surface area contributed by atoms with Gasteiger partial charge in [0.25, 0.3) is 0 Å². The van der Waals surface area contributed by atoms with Gasteiger partial charge in [0.2, 0.25) is 5.69 Å². The largest absolute Gasteiger partial charge is 0.297 e. The van der Waals surface area contributed by atoms with Gasteiger partial charge in [-0.3, -0.25) is 9.78 Å². The second kappa shape index (κ2) is 3.10. The topological polar surface area (TPSA) is 22.3 Å². The summed E-state index contributed by atoms with van der Waals surface area (Å²) >= 11 is 0. The molecule has 3 heteroatoms. The van der Waals surface area contributed by atoms with Gasteiger partial charge >= 0.3 is 0 Å². The number of rotatable bonds is 0. The highest BCUT2D eigenvalue weighted by atomic mass is 17.2. The van der Waals surface area contributed by atoms with Crippen molar-refractivity contribution in [2.24, 2.45) is 0 Å². The highest BCUT2D eigenvalue weighted by molar-refractivity contribution is 5.62. The van der Waals surface area contributed by atoms with Crippen molar-refractivity contribution in [3.8, 4) is 17.0 Å². The summed E-state index contributed by atoms with van der Waals surface area (Å²) in [4.78, 5) is 9.95. The van der Waals surface area contributed by atoms with E-state index in [0.29, 0.717) is 0 Å². The monoisotopic (exact) mass is 224 g/mol. The van der Waals surface area contributed by atoms with Crippen LogP contribution in [0.2, 0.25) is 0 Å². The van der Waals surface area contributed by atoms with Crippen molar-refractivity contribution in [3.05, 3.63) is 47.0 Å². The Balaban J connectivity index is 2.10. The van der Waals surface area contributed by atoms with Gasteiger partial charge in [0.1, 0.15) is 0 Å². The maximum absolute atomic E-state index is 5.07. The lowest BCUT2D eigenvalue weighted by Gasteiger charge is -2.08. The van der Waals surface area contributed by atoms with Crippen molar-refractivity contribution >= 4 is 12.3 Å². The Hall–Kier alpha value is -2.29. The van der Waals surface area contributed by atoms with Crippen LogP contribution in [0.25, 0.3) is 23.6 Å². The van der Waals surface area contributed by atoms with Crippen molar-refractivity contribution in [1.82, 2.24) is 0 Å². The maximum atomic E-state index is 5.07. The van der Waals surface area contributed by atoms with E-state index in [9.17, 15) is 0 Å². The maximum Gasteiger partial charge on any atom is 0.213 e.